The summed E-state index contributed by atoms with van der Waals surface area (Å²) >= 11 is 0. The number of hydrogen-bond acceptors (Lipinski definition) is 3. The molecule has 2 rings (SSSR count). The standard InChI is InChI=1S/C18H16F3NO3/c1-24-15-8-4-2-6-13(15)10-11-17(23)22-14-7-3-5-9-16(14)25-12-18(19,20)21/h2-11H,12H2,1H3,(H,22,23). The Labute approximate surface area is 142 Å². The molecule has 0 heterocycles. The highest BCUT2D eigenvalue weighted by atomic mass is 19.4. The Morgan fingerprint density at radius 1 is 1.08 bits per heavy atom. The van der Waals surface area contributed by atoms with E-state index in [1.165, 1.54) is 31.4 Å². The van der Waals surface area contributed by atoms with Crippen LogP contribution in [0.25, 0.3) is 6.08 Å². The number of ether oxygens (including phenoxy) is 2. The third-order valence-corrected chi connectivity index (χ3v) is 3.09. The van der Waals surface area contributed by atoms with Crippen LogP contribution in [0.1, 0.15) is 5.56 Å². The monoisotopic (exact) mass is 351 g/mol. The number of carbonyl (C=O) groups excluding carboxylic acids is 1. The first-order chi connectivity index (χ1) is 11.9. The molecule has 0 aromatic heterocycles. The number of halogens is 3. The van der Waals surface area contributed by atoms with Gasteiger partial charge in [-0.2, -0.15) is 13.2 Å². The fraction of sp³-hybridized carbons (Fsp3) is 0.167. The highest BCUT2D eigenvalue weighted by molar-refractivity contribution is 6.02. The summed E-state index contributed by atoms with van der Waals surface area (Å²) in [4.78, 5) is 12.0. The van der Waals surface area contributed by atoms with Gasteiger partial charge in [0.2, 0.25) is 5.91 Å². The normalized spacial score (nSPS) is 11.4. The van der Waals surface area contributed by atoms with Gasteiger partial charge in [-0.15, -0.1) is 0 Å². The molecule has 0 saturated carbocycles. The van der Waals surface area contributed by atoms with Gasteiger partial charge in [-0.3, -0.25) is 4.79 Å². The molecule has 2 aromatic rings. The molecule has 2 aromatic carbocycles. The Balaban J connectivity index is 2.07. The maximum absolute atomic E-state index is 12.3. The van der Waals surface area contributed by atoms with Crippen molar-refractivity contribution in [2.45, 2.75) is 6.18 Å². The van der Waals surface area contributed by atoms with Gasteiger partial charge in [0, 0.05) is 11.6 Å². The summed E-state index contributed by atoms with van der Waals surface area (Å²) in [7, 11) is 1.51. The molecule has 0 radical (unpaired) electrons. The van der Waals surface area contributed by atoms with Crippen molar-refractivity contribution in [2.24, 2.45) is 0 Å². The molecule has 0 fully saturated rings. The van der Waals surface area contributed by atoms with E-state index < -0.39 is 18.7 Å². The number of amides is 1. The topological polar surface area (TPSA) is 47.6 Å². The van der Waals surface area contributed by atoms with E-state index in [-0.39, 0.29) is 11.4 Å². The molecular weight excluding hydrogens is 335 g/mol. The first-order valence-corrected chi connectivity index (χ1v) is 7.30. The van der Waals surface area contributed by atoms with Crippen LogP contribution in [0.5, 0.6) is 11.5 Å². The minimum absolute atomic E-state index is 0.0566. The Kier molecular flexibility index (Phi) is 6.05. The summed E-state index contributed by atoms with van der Waals surface area (Å²) in [6.45, 7) is -1.43. The van der Waals surface area contributed by atoms with Crippen LogP contribution < -0.4 is 14.8 Å². The van der Waals surface area contributed by atoms with Crippen LogP contribution in [0.2, 0.25) is 0 Å². The molecule has 0 unspecified atom stereocenters. The van der Waals surface area contributed by atoms with Gasteiger partial charge < -0.3 is 14.8 Å². The number of carbonyl (C=O) groups is 1. The molecule has 132 valence electrons. The maximum atomic E-state index is 12.3. The molecule has 0 atom stereocenters. The molecule has 1 N–H and O–H groups in total. The number of anilines is 1. The second kappa shape index (κ2) is 8.23. The van der Waals surface area contributed by atoms with Crippen molar-refractivity contribution in [3.63, 3.8) is 0 Å². The number of alkyl halides is 3. The number of benzene rings is 2. The summed E-state index contributed by atoms with van der Waals surface area (Å²) in [6.07, 6.45) is -1.65. The Morgan fingerprint density at radius 3 is 2.40 bits per heavy atom. The van der Waals surface area contributed by atoms with Gasteiger partial charge in [-0.05, 0) is 24.3 Å². The van der Waals surface area contributed by atoms with E-state index in [2.05, 4.69) is 5.32 Å². The van der Waals surface area contributed by atoms with Crippen molar-refractivity contribution in [1.82, 2.24) is 0 Å². The van der Waals surface area contributed by atoms with E-state index in [9.17, 15) is 18.0 Å². The lowest BCUT2D eigenvalue weighted by Gasteiger charge is -2.13. The fourth-order valence-corrected chi connectivity index (χ4v) is 2.00. The maximum Gasteiger partial charge on any atom is 0.422 e. The zero-order valence-corrected chi connectivity index (χ0v) is 13.3. The summed E-state index contributed by atoms with van der Waals surface area (Å²) in [6, 6.07) is 13.0. The van der Waals surface area contributed by atoms with Crippen molar-refractivity contribution in [3.8, 4) is 11.5 Å². The summed E-state index contributed by atoms with van der Waals surface area (Å²) in [5, 5.41) is 2.50. The van der Waals surface area contributed by atoms with Crippen molar-refractivity contribution in [3.05, 3.63) is 60.2 Å². The number of rotatable bonds is 6. The molecule has 1 amide bonds. The minimum Gasteiger partial charge on any atom is -0.496 e. The average molecular weight is 351 g/mol. The molecule has 25 heavy (non-hydrogen) atoms. The smallest absolute Gasteiger partial charge is 0.422 e. The summed E-state index contributed by atoms with van der Waals surface area (Å²) in [5.41, 5.74) is 0.850. The second-order valence-electron chi connectivity index (χ2n) is 4.96. The molecule has 0 spiro atoms. The van der Waals surface area contributed by atoms with Crippen molar-refractivity contribution in [1.29, 1.82) is 0 Å². The van der Waals surface area contributed by atoms with Crippen LogP contribution in [0.3, 0.4) is 0 Å². The zero-order chi connectivity index (χ0) is 18.3. The molecular formula is C18H16F3NO3. The predicted octanol–water partition coefficient (Wildman–Crippen LogP) is 4.29. The highest BCUT2D eigenvalue weighted by Gasteiger charge is 2.28. The lowest BCUT2D eigenvalue weighted by molar-refractivity contribution is -0.153. The predicted molar refractivity (Wildman–Crippen MR) is 88.6 cm³/mol. The molecule has 0 aliphatic carbocycles. The fourth-order valence-electron chi connectivity index (χ4n) is 2.00. The molecule has 0 saturated heterocycles. The largest absolute Gasteiger partial charge is 0.496 e. The first kappa shape index (κ1) is 18.4. The van der Waals surface area contributed by atoms with Crippen LogP contribution in [-0.2, 0) is 4.79 Å². The lowest BCUT2D eigenvalue weighted by Crippen LogP contribution is -2.20. The Morgan fingerprint density at radius 2 is 1.72 bits per heavy atom. The van der Waals surface area contributed by atoms with Crippen LogP contribution in [0.4, 0.5) is 18.9 Å². The average Bonchev–Trinajstić information content (AvgIpc) is 2.58. The van der Waals surface area contributed by atoms with E-state index in [1.807, 2.05) is 0 Å². The van der Waals surface area contributed by atoms with Crippen molar-refractivity contribution in [2.75, 3.05) is 19.0 Å². The number of hydrogen-bond donors (Lipinski definition) is 1. The van der Waals surface area contributed by atoms with Gasteiger partial charge in [0.25, 0.3) is 0 Å². The van der Waals surface area contributed by atoms with Crippen LogP contribution in [0, 0.1) is 0 Å². The summed E-state index contributed by atoms with van der Waals surface area (Å²) < 4.78 is 46.7. The first-order valence-electron chi connectivity index (χ1n) is 7.30. The Hall–Kier alpha value is -2.96. The van der Waals surface area contributed by atoms with E-state index in [1.54, 1.807) is 36.4 Å². The molecule has 4 nitrogen and oxygen atoms in total. The van der Waals surface area contributed by atoms with Crippen molar-refractivity contribution >= 4 is 17.7 Å². The van der Waals surface area contributed by atoms with Gasteiger partial charge in [0.15, 0.2) is 6.61 Å². The van der Waals surface area contributed by atoms with Crippen LogP contribution >= 0.6 is 0 Å². The van der Waals surface area contributed by atoms with E-state index >= 15 is 0 Å². The van der Waals surface area contributed by atoms with Gasteiger partial charge in [0.1, 0.15) is 11.5 Å². The lowest BCUT2D eigenvalue weighted by atomic mass is 10.2. The molecule has 0 aliphatic rings. The van der Waals surface area contributed by atoms with Crippen LogP contribution in [0.15, 0.2) is 54.6 Å². The SMILES string of the molecule is COc1ccccc1C=CC(=O)Nc1ccccc1OCC(F)(F)F. The summed E-state index contributed by atoms with van der Waals surface area (Å²) in [5.74, 6) is 0.0355. The molecule has 7 heteroatoms. The quantitative estimate of drug-likeness (QED) is 0.790. The van der Waals surface area contributed by atoms with Gasteiger partial charge in [-0.1, -0.05) is 30.3 Å². The second-order valence-corrected chi connectivity index (χ2v) is 4.96. The number of methoxy groups -OCH3 is 1. The van der Waals surface area contributed by atoms with Gasteiger partial charge in [-0.25, -0.2) is 0 Å². The van der Waals surface area contributed by atoms with Gasteiger partial charge in [0.05, 0.1) is 12.8 Å². The van der Waals surface area contributed by atoms with Gasteiger partial charge >= 0.3 is 6.18 Å². The minimum atomic E-state index is -4.46. The van der Waals surface area contributed by atoms with Crippen LogP contribution in [-0.4, -0.2) is 25.8 Å². The molecule has 0 aliphatic heterocycles. The number of para-hydroxylation sites is 3. The van der Waals surface area contributed by atoms with E-state index in [4.69, 9.17) is 9.47 Å². The third-order valence-electron chi connectivity index (χ3n) is 3.09. The number of nitrogens with one attached hydrogen (secondary N) is 1. The van der Waals surface area contributed by atoms with E-state index in [0.29, 0.717) is 11.3 Å². The Bertz CT molecular complexity index is 757. The molecule has 0 bridgehead atoms. The van der Waals surface area contributed by atoms with Crippen molar-refractivity contribution < 1.29 is 27.4 Å². The zero-order valence-electron chi connectivity index (χ0n) is 13.3. The van der Waals surface area contributed by atoms with E-state index in [0.717, 1.165) is 0 Å². The highest BCUT2D eigenvalue weighted by Crippen LogP contribution is 2.26. The third kappa shape index (κ3) is 5.87.